The Morgan fingerprint density at radius 2 is 2.06 bits per heavy atom. The highest BCUT2D eigenvalue weighted by atomic mass is 35.5. The van der Waals surface area contributed by atoms with Gasteiger partial charge >= 0.3 is 0 Å². The first-order valence-corrected chi connectivity index (χ1v) is 6.10. The molecule has 16 heavy (non-hydrogen) atoms. The first kappa shape index (κ1) is 13.3. The number of aryl methyl sites for hydroxylation is 1. The number of hydrogen-bond acceptors (Lipinski definition) is 2. The Hall–Kier alpha value is -0.760. The molecule has 0 aliphatic rings. The molecule has 0 saturated heterocycles. The SMILES string of the molecule is Cc1cc(OCCC(C)(C)C)c(CCl)cn1. The van der Waals surface area contributed by atoms with Crippen LogP contribution in [0.15, 0.2) is 12.3 Å². The molecule has 0 amide bonds. The lowest BCUT2D eigenvalue weighted by Gasteiger charge is -2.18. The lowest BCUT2D eigenvalue weighted by atomic mass is 9.93. The highest BCUT2D eigenvalue weighted by Gasteiger charge is 2.11. The minimum atomic E-state index is 0.295. The van der Waals surface area contributed by atoms with E-state index in [1.807, 2.05) is 13.0 Å². The summed E-state index contributed by atoms with van der Waals surface area (Å²) in [5.74, 6) is 1.31. The van der Waals surface area contributed by atoms with Gasteiger partial charge < -0.3 is 4.74 Å². The number of ether oxygens (including phenoxy) is 1. The predicted octanol–water partition coefficient (Wildman–Crippen LogP) is 3.94. The maximum Gasteiger partial charge on any atom is 0.127 e. The van der Waals surface area contributed by atoms with Gasteiger partial charge in [0.1, 0.15) is 5.75 Å². The Kier molecular flexibility index (Phi) is 4.60. The number of halogens is 1. The van der Waals surface area contributed by atoms with Gasteiger partial charge in [-0.05, 0) is 18.8 Å². The van der Waals surface area contributed by atoms with Crippen LogP contribution in [0.4, 0.5) is 0 Å². The van der Waals surface area contributed by atoms with Gasteiger partial charge in [0.15, 0.2) is 0 Å². The molecule has 0 aromatic carbocycles. The summed E-state index contributed by atoms with van der Waals surface area (Å²) in [5.41, 5.74) is 2.21. The van der Waals surface area contributed by atoms with Crippen LogP contribution >= 0.6 is 11.6 Å². The molecule has 1 heterocycles. The Morgan fingerprint density at radius 1 is 1.38 bits per heavy atom. The summed E-state index contributed by atoms with van der Waals surface area (Å²) < 4.78 is 5.76. The molecule has 0 aliphatic carbocycles. The van der Waals surface area contributed by atoms with Gasteiger partial charge in [0.25, 0.3) is 0 Å². The van der Waals surface area contributed by atoms with Crippen molar-refractivity contribution < 1.29 is 4.74 Å². The molecular formula is C13H20ClNO. The second-order valence-electron chi connectivity index (χ2n) is 5.23. The van der Waals surface area contributed by atoms with Crippen molar-refractivity contribution in [2.75, 3.05) is 6.61 Å². The van der Waals surface area contributed by atoms with Crippen LogP contribution < -0.4 is 4.74 Å². The van der Waals surface area contributed by atoms with Crippen LogP contribution in [0.3, 0.4) is 0 Å². The smallest absolute Gasteiger partial charge is 0.127 e. The van der Waals surface area contributed by atoms with E-state index in [4.69, 9.17) is 16.3 Å². The number of alkyl halides is 1. The van der Waals surface area contributed by atoms with E-state index < -0.39 is 0 Å². The fourth-order valence-electron chi connectivity index (χ4n) is 1.26. The van der Waals surface area contributed by atoms with Crippen molar-refractivity contribution in [3.63, 3.8) is 0 Å². The minimum Gasteiger partial charge on any atom is -0.493 e. The van der Waals surface area contributed by atoms with E-state index in [0.717, 1.165) is 30.0 Å². The summed E-state index contributed by atoms with van der Waals surface area (Å²) >= 11 is 5.83. The van der Waals surface area contributed by atoms with Crippen molar-refractivity contribution in [3.05, 3.63) is 23.5 Å². The normalized spacial score (nSPS) is 11.6. The van der Waals surface area contributed by atoms with E-state index >= 15 is 0 Å². The molecule has 0 spiro atoms. The predicted molar refractivity (Wildman–Crippen MR) is 68.1 cm³/mol. The van der Waals surface area contributed by atoms with Crippen molar-refractivity contribution >= 4 is 11.6 Å². The highest BCUT2D eigenvalue weighted by Crippen LogP contribution is 2.23. The summed E-state index contributed by atoms with van der Waals surface area (Å²) in [6.45, 7) is 9.29. The summed E-state index contributed by atoms with van der Waals surface area (Å²) in [7, 11) is 0. The molecule has 1 rings (SSSR count). The van der Waals surface area contributed by atoms with E-state index in [9.17, 15) is 0 Å². The average Bonchev–Trinajstić information content (AvgIpc) is 2.16. The lowest BCUT2D eigenvalue weighted by molar-refractivity contribution is 0.241. The Labute approximate surface area is 103 Å². The van der Waals surface area contributed by atoms with Crippen molar-refractivity contribution in [2.24, 2.45) is 5.41 Å². The summed E-state index contributed by atoms with van der Waals surface area (Å²) in [5, 5.41) is 0. The molecule has 90 valence electrons. The quantitative estimate of drug-likeness (QED) is 0.745. The van der Waals surface area contributed by atoms with Crippen LogP contribution in [0.1, 0.15) is 38.4 Å². The molecule has 2 nitrogen and oxygen atoms in total. The van der Waals surface area contributed by atoms with Crippen LogP contribution in [0.2, 0.25) is 0 Å². The van der Waals surface area contributed by atoms with Gasteiger partial charge in [-0.15, -0.1) is 11.6 Å². The standard InChI is InChI=1S/C13H20ClNO/c1-10-7-12(11(8-14)9-15-10)16-6-5-13(2,3)4/h7,9H,5-6,8H2,1-4H3. The first-order valence-electron chi connectivity index (χ1n) is 5.56. The van der Waals surface area contributed by atoms with E-state index in [2.05, 4.69) is 25.8 Å². The average molecular weight is 242 g/mol. The fourth-order valence-corrected chi connectivity index (χ4v) is 1.47. The second-order valence-corrected chi connectivity index (χ2v) is 5.49. The van der Waals surface area contributed by atoms with E-state index in [0.29, 0.717) is 11.3 Å². The first-order chi connectivity index (χ1) is 7.42. The van der Waals surface area contributed by atoms with E-state index in [1.165, 1.54) is 0 Å². The summed E-state index contributed by atoms with van der Waals surface area (Å²) in [6.07, 6.45) is 2.81. The fraction of sp³-hybridized carbons (Fsp3) is 0.615. The molecular weight excluding hydrogens is 222 g/mol. The number of nitrogens with zero attached hydrogens (tertiary/aromatic N) is 1. The number of aromatic nitrogens is 1. The lowest BCUT2D eigenvalue weighted by Crippen LogP contribution is -2.11. The maximum absolute atomic E-state index is 5.83. The highest BCUT2D eigenvalue weighted by molar-refractivity contribution is 6.17. The van der Waals surface area contributed by atoms with Gasteiger partial charge in [-0.2, -0.15) is 0 Å². The molecule has 3 heteroatoms. The third-order valence-corrected chi connectivity index (χ3v) is 2.62. The van der Waals surface area contributed by atoms with E-state index in [1.54, 1.807) is 6.20 Å². The third kappa shape index (κ3) is 4.40. The van der Waals surface area contributed by atoms with Gasteiger partial charge in [-0.3, -0.25) is 4.98 Å². The van der Waals surface area contributed by atoms with Crippen molar-refractivity contribution in [3.8, 4) is 5.75 Å². The molecule has 1 aromatic heterocycles. The largest absolute Gasteiger partial charge is 0.493 e. The van der Waals surface area contributed by atoms with Gasteiger partial charge in [-0.25, -0.2) is 0 Å². The second kappa shape index (κ2) is 5.53. The minimum absolute atomic E-state index is 0.295. The zero-order chi connectivity index (χ0) is 12.2. The summed E-state index contributed by atoms with van der Waals surface area (Å²) in [6, 6.07) is 1.94. The summed E-state index contributed by atoms with van der Waals surface area (Å²) in [4.78, 5) is 4.20. The molecule has 1 aromatic rings. The number of rotatable bonds is 4. The molecule has 0 atom stereocenters. The van der Waals surface area contributed by atoms with Crippen molar-refractivity contribution in [1.82, 2.24) is 4.98 Å². The Morgan fingerprint density at radius 3 is 2.62 bits per heavy atom. The maximum atomic E-state index is 5.83. The zero-order valence-electron chi connectivity index (χ0n) is 10.5. The molecule has 0 saturated carbocycles. The zero-order valence-corrected chi connectivity index (χ0v) is 11.3. The number of pyridine rings is 1. The topological polar surface area (TPSA) is 22.1 Å². The van der Waals surface area contributed by atoms with Crippen molar-refractivity contribution in [2.45, 2.75) is 40.0 Å². The monoisotopic (exact) mass is 241 g/mol. The Bertz CT molecular complexity index is 344. The van der Waals surface area contributed by atoms with Gasteiger partial charge in [0.2, 0.25) is 0 Å². The van der Waals surface area contributed by atoms with Gasteiger partial charge in [0.05, 0.1) is 12.5 Å². The van der Waals surface area contributed by atoms with Crippen LogP contribution in [0.25, 0.3) is 0 Å². The molecule has 0 N–H and O–H groups in total. The van der Waals surface area contributed by atoms with Crippen LogP contribution in [-0.4, -0.2) is 11.6 Å². The van der Waals surface area contributed by atoms with Crippen LogP contribution in [-0.2, 0) is 5.88 Å². The molecule has 0 bridgehead atoms. The molecule has 0 fully saturated rings. The Balaban J connectivity index is 2.62. The van der Waals surface area contributed by atoms with Gasteiger partial charge in [0, 0.05) is 23.5 Å². The van der Waals surface area contributed by atoms with Crippen LogP contribution in [0.5, 0.6) is 5.75 Å². The van der Waals surface area contributed by atoms with Gasteiger partial charge in [-0.1, -0.05) is 20.8 Å². The van der Waals surface area contributed by atoms with Crippen molar-refractivity contribution in [1.29, 1.82) is 0 Å². The molecule has 0 unspecified atom stereocenters. The molecule has 0 aliphatic heterocycles. The number of hydrogen-bond donors (Lipinski definition) is 0. The van der Waals surface area contributed by atoms with Crippen LogP contribution in [0, 0.1) is 12.3 Å². The molecule has 0 radical (unpaired) electrons. The third-order valence-electron chi connectivity index (χ3n) is 2.33. The van der Waals surface area contributed by atoms with E-state index in [-0.39, 0.29) is 0 Å².